The number of hydrogen-bond acceptors (Lipinski definition) is 6. The fraction of sp³-hybridized carbons (Fsp3) is 0.217. The molecule has 156 valence electrons. The summed E-state index contributed by atoms with van der Waals surface area (Å²) in [5.74, 6) is -0.283. The number of carbonyl (C=O) groups is 1. The minimum absolute atomic E-state index is 0.283. The Balaban J connectivity index is 1.45. The van der Waals surface area contributed by atoms with Gasteiger partial charge in [0.15, 0.2) is 5.69 Å². The lowest BCUT2D eigenvalue weighted by atomic mass is 10.0. The molecule has 1 aromatic carbocycles. The molecule has 1 aliphatic heterocycles. The van der Waals surface area contributed by atoms with Crippen molar-refractivity contribution in [2.75, 3.05) is 36.5 Å². The van der Waals surface area contributed by atoms with Crippen LogP contribution >= 0.6 is 0 Å². The molecule has 31 heavy (non-hydrogen) atoms. The number of nitrogens with one attached hydrogen (secondary N) is 2. The average Bonchev–Trinajstić information content (AvgIpc) is 3.25. The molecule has 0 aliphatic carbocycles. The normalized spacial score (nSPS) is 14.0. The van der Waals surface area contributed by atoms with Gasteiger partial charge >= 0.3 is 0 Å². The first-order chi connectivity index (χ1) is 15.2. The molecule has 0 unspecified atom stereocenters. The van der Waals surface area contributed by atoms with Crippen molar-refractivity contribution in [1.29, 1.82) is 0 Å². The van der Waals surface area contributed by atoms with E-state index in [0.29, 0.717) is 11.4 Å². The monoisotopic (exact) mass is 414 g/mol. The van der Waals surface area contributed by atoms with Gasteiger partial charge in [-0.05, 0) is 42.8 Å². The first-order valence-corrected chi connectivity index (χ1v) is 10.2. The van der Waals surface area contributed by atoms with Gasteiger partial charge in [0.25, 0.3) is 5.91 Å². The Labute approximate surface area is 179 Å². The van der Waals surface area contributed by atoms with Crippen molar-refractivity contribution >= 4 is 28.2 Å². The maximum Gasteiger partial charge on any atom is 0.276 e. The van der Waals surface area contributed by atoms with Crippen LogP contribution in [0.3, 0.4) is 0 Å². The van der Waals surface area contributed by atoms with Crippen LogP contribution in [0.2, 0.25) is 0 Å². The second-order valence-electron chi connectivity index (χ2n) is 7.51. The van der Waals surface area contributed by atoms with Crippen LogP contribution < -0.4 is 10.2 Å². The molecule has 8 heteroatoms. The van der Waals surface area contributed by atoms with E-state index in [9.17, 15) is 4.79 Å². The number of aryl methyl sites for hydroxylation is 1. The smallest absolute Gasteiger partial charge is 0.276 e. The number of aromatic amines is 1. The van der Waals surface area contributed by atoms with E-state index < -0.39 is 0 Å². The predicted octanol–water partition coefficient (Wildman–Crippen LogP) is 3.42. The van der Waals surface area contributed by atoms with Crippen LogP contribution in [0, 0.1) is 6.92 Å². The minimum atomic E-state index is -0.283. The van der Waals surface area contributed by atoms with Crippen molar-refractivity contribution in [2.24, 2.45) is 0 Å². The number of pyridine rings is 2. The van der Waals surface area contributed by atoms with E-state index in [4.69, 9.17) is 4.74 Å². The number of carbonyl (C=O) groups excluding carboxylic acids is 1. The van der Waals surface area contributed by atoms with Crippen LogP contribution in [0.4, 0.5) is 11.4 Å². The third-order valence-corrected chi connectivity index (χ3v) is 5.38. The van der Waals surface area contributed by atoms with Crippen molar-refractivity contribution in [3.05, 3.63) is 66.4 Å². The first-order valence-electron chi connectivity index (χ1n) is 10.2. The van der Waals surface area contributed by atoms with Crippen molar-refractivity contribution in [1.82, 2.24) is 20.2 Å². The molecule has 0 atom stereocenters. The van der Waals surface area contributed by atoms with Crippen molar-refractivity contribution in [3.63, 3.8) is 0 Å². The Kier molecular flexibility index (Phi) is 5.05. The van der Waals surface area contributed by atoms with Crippen molar-refractivity contribution in [2.45, 2.75) is 6.92 Å². The molecule has 1 saturated heterocycles. The highest BCUT2D eigenvalue weighted by Gasteiger charge is 2.16. The van der Waals surface area contributed by atoms with Gasteiger partial charge in [0.05, 0.1) is 42.5 Å². The zero-order valence-electron chi connectivity index (χ0n) is 17.1. The van der Waals surface area contributed by atoms with Crippen LogP contribution in [0.15, 0.2) is 55.0 Å². The Bertz CT molecular complexity index is 1230. The highest BCUT2D eigenvalue weighted by Crippen LogP contribution is 2.28. The Morgan fingerprint density at radius 2 is 1.94 bits per heavy atom. The summed E-state index contributed by atoms with van der Waals surface area (Å²) in [5.41, 5.74) is 5.69. The molecule has 1 amide bonds. The number of benzene rings is 1. The third kappa shape index (κ3) is 3.97. The lowest BCUT2D eigenvalue weighted by molar-refractivity contribution is 0.102. The average molecular weight is 414 g/mol. The summed E-state index contributed by atoms with van der Waals surface area (Å²) in [6.07, 6.45) is 5.35. The second-order valence-corrected chi connectivity index (χ2v) is 7.51. The molecule has 0 bridgehead atoms. The van der Waals surface area contributed by atoms with Crippen molar-refractivity contribution < 1.29 is 9.53 Å². The van der Waals surface area contributed by atoms with Crippen molar-refractivity contribution in [3.8, 4) is 11.1 Å². The maximum atomic E-state index is 12.8. The van der Waals surface area contributed by atoms with E-state index in [1.807, 2.05) is 49.6 Å². The molecule has 1 aliphatic rings. The molecule has 4 heterocycles. The molecular formula is C23H22N6O2. The highest BCUT2D eigenvalue weighted by molar-refractivity contribution is 6.11. The van der Waals surface area contributed by atoms with Crippen LogP contribution in [0.1, 0.15) is 16.2 Å². The van der Waals surface area contributed by atoms with Gasteiger partial charge in [0, 0.05) is 35.9 Å². The van der Waals surface area contributed by atoms with Gasteiger partial charge in [-0.2, -0.15) is 5.10 Å². The summed E-state index contributed by atoms with van der Waals surface area (Å²) >= 11 is 0. The zero-order valence-corrected chi connectivity index (χ0v) is 17.1. The Hall–Kier alpha value is -3.78. The molecule has 0 radical (unpaired) electrons. The number of rotatable bonds is 4. The summed E-state index contributed by atoms with van der Waals surface area (Å²) in [4.78, 5) is 23.7. The summed E-state index contributed by atoms with van der Waals surface area (Å²) in [6.45, 7) is 5.05. The SMILES string of the molecule is Cc1ccc(NC(=O)c2n[nH]c3ccc(-c4cncc(N5CCOCC5)c4)cc23)cn1. The second kappa shape index (κ2) is 8.16. The molecule has 8 nitrogen and oxygen atoms in total. The van der Waals surface area contributed by atoms with Crippen LogP contribution in [0.5, 0.6) is 0 Å². The van der Waals surface area contributed by atoms with E-state index in [2.05, 4.69) is 36.4 Å². The zero-order chi connectivity index (χ0) is 21.2. The summed E-state index contributed by atoms with van der Waals surface area (Å²) < 4.78 is 5.45. The predicted molar refractivity (Wildman–Crippen MR) is 119 cm³/mol. The van der Waals surface area contributed by atoms with Gasteiger partial charge < -0.3 is 15.0 Å². The van der Waals surface area contributed by atoms with E-state index in [-0.39, 0.29) is 5.91 Å². The van der Waals surface area contributed by atoms with Crippen LogP contribution in [-0.4, -0.2) is 52.4 Å². The largest absolute Gasteiger partial charge is 0.378 e. The number of morpholine rings is 1. The van der Waals surface area contributed by atoms with E-state index in [0.717, 1.165) is 59.7 Å². The number of H-pyrrole nitrogens is 1. The molecule has 2 N–H and O–H groups in total. The Morgan fingerprint density at radius 3 is 2.74 bits per heavy atom. The molecule has 4 aromatic rings. The lowest BCUT2D eigenvalue weighted by Crippen LogP contribution is -2.36. The number of anilines is 2. The van der Waals surface area contributed by atoms with Gasteiger partial charge in [0.1, 0.15) is 0 Å². The van der Waals surface area contributed by atoms with Gasteiger partial charge in [-0.1, -0.05) is 6.07 Å². The number of amides is 1. The first kappa shape index (κ1) is 19.2. The van der Waals surface area contributed by atoms with Gasteiger partial charge in [-0.15, -0.1) is 0 Å². The molecular weight excluding hydrogens is 392 g/mol. The third-order valence-electron chi connectivity index (χ3n) is 5.38. The van der Waals surface area contributed by atoms with Gasteiger partial charge in [-0.3, -0.25) is 19.9 Å². The highest BCUT2D eigenvalue weighted by atomic mass is 16.5. The van der Waals surface area contributed by atoms with E-state index >= 15 is 0 Å². The summed E-state index contributed by atoms with van der Waals surface area (Å²) in [6, 6.07) is 11.7. The standard InChI is InChI=1S/C23H22N6O2/c1-15-2-4-18(13-25-15)26-23(30)22-20-11-16(3-5-21(20)27-28-22)17-10-19(14-24-12-17)29-6-8-31-9-7-29/h2-5,10-14H,6-9H2,1H3,(H,26,30)(H,27,28). The van der Waals surface area contributed by atoms with E-state index in [1.165, 1.54) is 0 Å². The summed E-state index contributed by atoms with van der Waals surface area (Å²) in [7, 11) is 0. The Morgan fingerprint density at radius 1 is 1.06 bits per heavy atom. The lowest BCUT2D eigenvalue weighted by Gasteiger charge is -2.28. The van der Waals surface area contributed by atoms with Gasteiger partial charge in [0.2, 0.25) is 0 Å². The maximum absolute atomic E-state index is 12.8. The molecule has 3 aromatic heterocycles. The molecule has 5 rings (SSSR count). The quantitative estimate of drug-likeness (QED) is 0.531. The molecule has 0 spiro atoms. The van der Waals surface area contributed by atoms with Crippen LogP contribution in [-0.2, 0) is 4.74 Å². The number of aromatic nitrogens is 4. The number of ether oxygens (including phenoxy) is 1. The summed E-state index contributed by atoms with van der Waals surface area (Å²) in [5, 5.41) is 10.8. The number of hydrogen-bond donors (Lipinski definition) is 2. The molecule has 1 fully saturated rings. The minimum Gasteiger partial charge on any atom is -0.378 e. The fourth-order valence-electron chi connectivity index (χ4n) is 3.68. The fourth-order valence-corrected chi connectivity index (χ4v) is 3.68. The van der Waals surface area contributed by atoms with Crippen LogP contribution in [0.25, 0.3) is 22.0 Å². The topological polar surface area (TPSA) is 96.0 Å². The van der Waals surface area contributed by atoms with Gasteiger partial charge in [-0.25, -0.2) is 0 Å². The van der Waals surface area contributed by atoms with E-state index in [1.54, 1.807) is 6.20 Å². The number of fused-ring (bicyclic) bond motifs is 1. The number of nitrogens with zero attached hydrogens (tertiary/aromatic N) is 4. The molecule has 0 saturated carbocycles.